The standard InChI is InChI=1S/C22H23N5O3S.C22H2.H3N5O3S.10H2/c1-13-18(10-25-9-17-7-15(25)11-30-17)31-21-19(13)20-23-12-24-27(20)22(28)26(21)8-14-3-5-16(29-2)6-4-14;1-3-5-7-9-11-13-15-17-19-21-22-20-18-16-14-12-10-8-6-4-2;1-2-3-4-5(7-6)8-9;;;;;;;;;;/h3-6,12,15,17H,7-11H2,1-2H3;1-2H;1,6,9H;10*1H/b;;2-1?,4-3+;;;;;;;;;;. The van der Waals surface area contributed by atoms with E-state index in [0.29, 0.717) is 24.3 Å². The van der Waals surface area contributed by atoms with Gasteiger partial charge in [-0.2, -0.15) is 19.4 Å². The van der Waals surface area contributed by atoms with E-state index in [1.54, 1.807) is 18.4 Å². The van der Waals surface area contributed by atoms with Crippen molar-refractivity contribution in [2.45, 2.75) is 38.6 Å². The number of nitrogens with zero attached hydrogens (tertiary/aromatic N) is 9. The fourth-order valence-corrected chi connectivity index (χ4v) is 6.86. The summed E-state index contributed by atoms with van der Waals surface area (Å²) in [4.78, 5) is 25.8. The van der Waals surface area contributed by atoms with Crippen LogP contribution in [0.5, 0.6) is 5.75 Å². The molecule has 2 bridgehead atoms. The number of terminal acetylenes is 2. The Morgan fingerprint density at radius 1 is 0.952 bits per heavy atom. The third-order valence-electron chi connectivity index (χ3n) is 8.02. The van der Waals surface area contributed by atoms with Gasteiger partial charge in [-0.1, -0.05) is 17.1 Å². The third kappa shape index (κ3) is 13.9. The average Bonchev–Trinajstić information content (AvgIpc) is 4.12. The summed E-state index contributed by atoms with van der Waals surface area (Å²) < 4.78 is 18.1. The molecule has 0 amide bonds. The molecule has 2 saturated heterocycles. The minimum Gasteiger partial charge on any atom is -0.497 e. The third-order valence-corrected chi connectivity index (χ3v) is 9.46. The van der Waals surface area contributed by atoms with Crippen molar-refractivity contribution < 1.29 is 38.3 Å². The molecule has 0 radical (unpaired) electrons. The summed E-state index contributed by atoms with van der Waals surface area (Å²) >= 11 is 4.85. The highest BCUT2D eigenvalue weighted by Crippen LogP contribution is 2.36. The zero-order chi connectivity index (χ0) is 44.4. The number of hydrogen-bond donors (Lipinski definition) is 3. The van der Waals surface area contributed by atoms with Crippen LogP contribution >= 0.6 is 24.2 Å². The predicted octanol–water partition coefficient (Wildman–Crippen LogP) is 5.97. The molecule has 5 heterocycles. The molecule has 18 heteroatoms. The fourth-order valence-electron chi connectivity index (χ4n) is 5.48. The molecular weight excluding hydrogens is 829 g/mol. The maximum absolute atomic E-state index is 13.3. The average molecular weight is 877 g/mol. The zero-order valence-corrected chi connectivity index (χ0v) is 34.3. The van der Waals surface area contributed by atoms with Crippen molar-refractivity contribution in [2.75, 3.05) is 20.3 Å². The van der Waals surface area contributed by atoms with Gasteiger partial charge in [-0.15, -0.1) is 24.2 Å². The SMILES string of the molecule is C#CC#CC#CC#CC#CC#CC#CC#CC#CC#CC#C.COc1ccc(Cn2c(=O)n3ncnc3c3c(C)c(CN4CC5CC4CO5)sc32)cc1.N=N/N=N/N(OO)OS.[HH].[HH].[HH].[HH].[HH].[HH].[HH].[HH].[HH].[HH]. The van der Waals surface area contributed by atoms with Crippen LogP contribution in [0.3, 0.4) is 0 Å². The van der Waals surface area contributed by atoms with Gasteiger partial charge in [-0.05, 0) is 142 Å². The van der Waals surface area contributed by atoms with Gasteiger partial charge in [0.25, 0.3) is 0 Å². The lowest BCUT2D eigenvalue weighted by atomic mass is 10.2. The first-order chi connectivity index (χ1) is 30.4. The van der Waals surface area contributed by atoms with Crippen molar-refractivity contribution in [3.05, 3.63) is 57.1 Å². The maximum Gasteiger partial charge on any atom is 0.352 e. The molecule has 2 aliphatic heterocycles. The molecule has 2 fully saturated rings. The van der Waals surface area contributed by atoms with Crippen LogP contribution in [0, 0.1) is 144 Å². The van der Waals surface area contributed by atoms with Crippen molar-refractivity contribution in [1.29, 1.82) is 5.53 Å². The molecule has 2 aliphatic rings. The van der Waals surface area contributed by atoms with Crippen molar-refractivity contribution in [2.24, 2.45) is 15.7 Å². The summed E-state index contributed by atoms with van der Waals surface area (Å²) in [6, 6.07) is 8.32. The Morgan fingerprint density at radius 3 is 1.97 bits per heavy atom. The molecule has 0 aliphatic carbocycles. The van der Waals surface area contributed by atoms with Crippen LogP contribution in [0.4, 0.5) is 0 Å². The van der Waals surface area contributed by atoms with E-state index in [-0.39, 0.29) is 25.3 Å². The smallest absolute Gasteiger partial charge is 0.352 e. The lowest BCUT2D eigenvalue weighted by Crippen LogP contribution is -2.36. The maximum atomic E-state index is 13.3. The number of ether oxygens (including phenoxy) is 2. The van der Waals surface area contributed by atoms with E-state index in [0.717, 1.165) is 47.6 Å². The molecule has 1 aromatic carbocycles. The molecule has 4 aromatic rings. The van der Waals surface area contributed by atoms with Crippen LogP contribution in [-0.2, 0) is 27.1 Å². The molecule has 3 aromatic heterocycles. The molecular formula is C44H48N10O6S2. The largest absolute Gasteiger partial charge is 0.497 e. The van der Waals surface area contributed by atoms with E-state index >= 15 is 0 Å². The number of thiophene rings is 1. The summed E-state index contributed by atoms with van der Waals surface area (Å²) in [7, 11) is 1.65. The van der Waals surface area contributed by atoms with Crippen molar-refractivity contribution in [3.8, 4) is 137 Å². The van der Waals surface area contributed by atoms with Gasteiger partial charge in [-0.25, -0.2) is 15.0 Å². The second-order valence-corrected chi connectivity index (χ2v) is 12.8. The van der Waals surface area contributed by atoms with E-state index in [1.807, 2.05) is 28.8 Å². The van der Waals surface area contributed by atoms with Crippen molar-refractivity contribution in [3.63, 3.8) is 0 Å². The molecule has 322 valence electrons. The number of fused-ring (bicyclic) bond motifs is 5. The number of aromatic nitrogens is 4. The monoisotopic (exact) mass is 876 g/mol. The van der Waals surface area contributed by atoms with Crippen LogP contribution in [-0.4, -0.2) is 67.1 Å². The Bertz CT molecular complexity index is 3020. The van der Waals surface area contributed by atoms with Crippen LogP contribution in [0.1, 0.15) is 36.7 Å². The topological polar surface area (TPSA) is 177 Å². The summed E-state index contributed by atoms with van der Waals surface area (Å²) in [6.07, 6.45) is 12.8. The lowest BCUT2D eigenvalue weighted by molar-refractivity contribution is -0.478. The highest BCUT2D eigenvalue weighted by Gasteiger charge is 2.39. The quantitative estimate of drug-likeness (QED) is 0.0454. The predicted molar refractivity (Wildman–Crippen MR) is 252 cm³/mol. The van der Waals surface area contributed by atoms with Gasteiger partial charge in [-0.3, -0.25) is 9.47 Å². The van der Waals surface area contributed by atoms with Crippen LogP contribution in [0.2, 0.25) is 0 Å². The second-order valence-electron chi connectivity index (χ2n) is 11.5. The van der Waals surface area contributed by atoms with Crippen molar-refractivity contribution >= 4 is 40.1 Å². The van der Waals surface area contributed by atoms with E-state index < -0.39 is 0 Å². The summed E-state index contributed by atoms with van der Waals surface area (Å²) in [6.45, 7) is 5.29. The number of methoxy groups -OCH3 is 1. The van der Waals surface area contributed by atoms with Crippen LogP contribution in [0.15, 0.2) is 51.1 Å². The highest BCUT2D eigenvalue weighted by atomic mass is 32.1. The molecule has 0 spiro atoms. The normalized spacial score (nSPS) is 13.3. The molecule has 2 atom stereocenters. The van der Waals surface area contributed by atoms with Crippen molar-refractivity contribution in [1.82, 2.24) is 29.4 Å². The van der Waals surface area contributed by atoms with E-state index in [4.69, 9.17) is 33.1 Å². The lowest BCUT2D eigenvalue weighted by Gasteiger charge is -2.26. The van der Waals surface area contributed by atoms with E-state index in [2.05, 4.69) is 178 Å². The molecule has 2 unspecified atom stereocenters. The number of nitrogens with one attached hydrogen (secondary N) is 1. The summed E-state index contributed by atoms with van der Waals surface area (Å²) in [5.41, 5.74) is 8.75. The van der Waals surface area contributed by atoms with Gasteiger partial charge >= 0.3 is 5.69 Å². The van der Waals surface area contributed by atoms with Gasteiger partial charge in [0.15, 0.2) is 5.65 Å². The molecule has 62 heavy (non-hydrogen) atoms. The van der Waals surface area contributed by atoms with Gasteiger partial charge in [0.05, 0.1) is 31.8 Å². The van der Waals surface area contributed by atoms with Gasteiger partial charge in [0.2, 0.25) is 0 Å². The number of benzene rings is 1. The Kier molecular flexibility index (Phi) is 19.3. The number of likely N-dealkylation sites (tertiary alicyclic amines) is 1. The number of thiol groups is 1. The van der Waals surface area contributed by atoms with Gasteiger partial charge < -0.3 is 9.47 Å². The summed E-state index contributed by atoms with van der Waals surface area (Å²) in [5.74, 6) is 49.0. The van der Waals surface area contributed by atoms with Crippen LogP contribution in [0.25, 0.3) is 15.9 Å². The minimum absolute atomic E-state index is 0. The Hall–Kier alpha value is -8.36. The van der Waals surface area contributed by atoms with Gasteiger partial charge in [0.1, 0.15) is 16.9 Å². The first kappa shape index (κ1) is 46.3. The Morgan fingerprint density at radius 2 is 1.52 bits per heavy atom. The minimum atomic E-state index is -0.169. The van der Waals surface area contributed by atoms with Crippen LogP contribution < -0.4 is 10.4 Å². The number of morpholine rings is 1. The number of rotatable bonds is 9. The molecule has 0 saturated carbocycles. The number of aryl methyl sites for hydroxylation is 1. The molecule has 16 nitrogen and oxygen atoms in total. The summed E-state index contributed by atoms with van der Waals surface area (Å²) in [5, 5.41) is 21.0. The van der Waals surface area contributed by atoms with E-state index in [1.165, 1.54) is 21.3 Å². The zero-order valence-electron chi connectivity index (χ0n) is 32.6. The first-order valence-electron chi connectivity index (χ1n) is 17.3. The Balaban J connectivity index is -0.000000185. The molecule has 6 rings (SSSR count). The molecule has 2 N–H and O–H groups in total. The number of hydrogen-bond acceptors (Lipinski definition) is 13. The first-order valence-corrected chi connectivity index (χ1v) is 18.5. The van der Waals surface area contributed by atoms with E-state index in [9.17, 15) is 4.79 Å². The van der Waals surface area contributed by atoms with Gasteiger partial charge in [0, 0.05) is 85.4 Å². The Labute approximate surface area is 381 Å². The fraction of sp³-hybridized carbons (Fsp3) is 0.205. The second kappa shape index (κ2) is 25.9. The highest BCUT2D eigenvalue weighted by molar-refractivity contribution is 7.75.